The summed E-state index contributed by atoms with van der Waals surface area (Å²) in [6.07, 6.45) is 4.06. The van der Waals surface area contributed by atoms with Crippen LogP contribution in [0.5, 0.6) is 5.75 Å². The molecule has 0 bridgehead atoms. The van der Waals surface area contributed by atoms with E-state index in [0.717, 1.165) is 43.5 Å². The Bertz CT molecular complexity index is 462. The van der Waals surface area contributed by atoms with Crippen LogP contribution in [0.4, 0.5) is 0 Å². The van der Waals surface area contributed by atoms with Crippen molar-refractivity contribution in [2.45, 2.75) is 58.1 Å². The van der Waals surface area contributed by atoms with E-state index in [4.69, 9.17) is 4.74 Å². The lowest BCUT2D eigenvalue weighted by atomic mass is 9.84. The van der Waals surface area contributed by atoms with Crippen molar-refractivity contribution in [3.05, 3.63) is 29.8 Å². The Kier molecular flexibility index (Phi) is 4.81. The number of nitrogens with one attached hydrogen (secondary N) is 1. The van der Waals surface area contributed by atoms with E-state index in [9.17, 15) is 4.79 Å². The van der Waals surface area contributed by atoms with E-state index in [1.165, 1.54) is 0 Å². The number of Topliss-reactive ketones (excluding diaryl/α,β-unsaturated/α-hetero) is 1. The lowest BCUT2D eigenvalue weighted by Crippen LogP contribution is -2.47. The van der Waals surface area contributed by atoms with Gasteiger partial charge in [0.15, 0.2) is 5.78 Å². The van der Waals surface area contributed by atoms with Crippen LogP contribution in [-0.4, -0.2) is 24.0 Å². The summed E-state index contributed by atoms with van der Waals surface area (Å²) in [4.78, 5) is 12.9. The SMILES string of the molecule is CCCC1(C(=O)c2cccc(OC(C)C)c2)CCCN1. The predicted octanol–water partition coefficient (Wildman–Crippen LogP) is 3.58. The van der Waals surface area contributed by atoms with Gasteiger partial charge in [-0.05, 0) is 51.8 Å². The molecule has 1 atom stereocenters. The molecule has 1 saturated heterocycles. The maximum Gasteiger partial charge on any atom is 0.182 e. The summed E-state index contributed by atoms with van der Waals surface area (Å²) in [6, 6.07) is 7.58. The van der Waals surface area contributed by atoms with Gasteiger partial charge in [-0.3, -0.25) is 4.79 Å². The molecule has 1 N–H and O–H groups in total. The third-order valence-electron chi connectivity index (χ3n) is 3.82. The van der Waals surface area contributed by atoms with Crippen molar-refractivity contribution < 1.29 is 9.53 Å². The zero-order chi connectivity index (χ0) is 14.6. The molecule has 0 spiro atoms. The summed E-state index contributed by atoms with van der Waals surface area (Å²) in [7, 11) is 0. The highest BCUT2D eigenvalue weighted by atomic mass is 16.5. The minimum atomic E-state index is -0.356. The molecule has 110 valence electrons. The number of ether oxygens (including phenoxy) is 1. The van der Waals surface area contributed by atoms with Gasteiger partial charge in [-0.25, -0.2) is 0 Å². The second-order valence-electron chi connectivity index (χ2n) is 5.89. The Morgan fingerprint density at radius 3 is 2.85 bits per heavy atom. The minimum Gasteiger partial charge on any atom is -0.491 e. The van der Waals surface area contributed by atoms with Gasteiger partial charge in [0.1, 0.15) is 5.75 Å². The number of hydrogen-bond donors (Lipinski definition) is 1. The van der Waals surface area contributed by atoms with E-state index < -0.39 is 0 Å². The standard InChI is InChI=1S/C17H25NO2/c1-4-9-17(10-6-11-18-17)16(19)14-7-5-8-15(12-14)20-13(2)3/h5,7-8,12-13,18H,4,6,9-11H2,1-3H3. The third kappa shape index (κ3) is 3.21. The number of ketones is 1. The number of carbonyl (C=O) groups is 1. The van der Waals surface area contributed by atoms with E-state index >= 15 is 0 Å². The van der Waals surface area contributed by atoms with Crippen LogP contribution in [0, 0.1) is 0 Å². The molecule has 1 aliphatic rings. The maximum absolute atomic E-state index is 12.9. The van der Waals surface area contributed by atoms with Crippen LogP contribution in [-0.2, 0) is 0 Å². The number of rotatable bonds is 6. The highest BCUT2D eigenvalue weighted by Gasteiger charge is 2.40. The number of carbonyl (C=O) groups excluding carboxylic acids is 1. The summed E-state index contributed by atoms with van der Waals surface area (Å²) in [5, 5.41) is 3.44. The molecule has 0 amide bonds. The van der Waals surface area contributed by atoms with Crippen molar-refractivity contribution in [3.8, 4) is 5.75 Å². The first-order chi connectivity index (χ1) is 9.57. The molecule has 1 fully saturated rings. The Morgan fingerprint density at radius 2 is 2.25 bits per heavy atom. The quantitative estimate of drug-likeness (QED) is 0.806. The molecule has 1 heterocycles. The first-order valence-electron chi connectivity index (χ1n) is 7.64. The molecule has 0 radical (unpaired) electrons. The van der Waals surface area contributed by atoms with Gasteiger partial charge >= 0.3 is 0 Å². The molecular weight excluding hydrogens is 250 g/mol. The van der Waals surface area contributed by atoms with Gasteiger partial charge in [-0.1, -0.05) is 25.5 Å². The van der Waals surface area contributed by atoms with Crippen molar-refractivity contribution in [2.24, 2.45) is 0 Å². The minimum absolute atomic E-state index is 0.120. The second-order valence-corrected chi connectivity index (χ2v) is 5.89. The first-order valence-corrected chi connectivity index (χ1v) is 7.64. The third-order valence-corrected chi connectivity index (χ3v) is 3.82. The summed E-state index contributed by atoms with van der Waals surface area (Å²) < 4.78 is 5.69. The van der Waals surface area contributed by atoms with E-state index in [2.05, 4.69) is 12.2 Å². The highest BCUT2D eigenvalue weighted by Crippen LogP contribution is 2.30. The van der Waals surface area contributed by atoms with Gasteiger partial charge < -0.3 is 10.1 Å². The van der Waals surface area contributed by atoms with E-state index in [1.807, 2.05) is 38.1 Å². The molecule has 1 aliphatic heterocycles. The van der Waals surface area contributed by atoms with Gasteiger partial charge in [-0.2, -0.15) is 0 Å². The highest BCUT2D eigenvalue weighted by molar-refractivity contribution is 6.03. The number of hydrogen-bond acceptors (Lipinski definition) is 3. The smallest absolute Gasteiger partial charge is 0.182 e. The Labute approximate surface area is 121 Å². The molecular formula is C17H25NO2. The fraction of sp³-hybridized carbons (Fsp3) is 0.588. The zero-order valence-electron chi connectivity index (χ0n) is 12.7. The fourth-order valence-electron chi connectivity index (χ4n) is 3.01. The molecule has 1 aromatic rings. The molecule has 0 aromatic heterocycles. The van der Waals surface area contributed by atoms with E-state index in [1.54, 1.807) is 0 Å². The molecule has 1 unspecified atom stereocenters. The van der Waals surface area contributed by atoms with Crippen LogP contribution in [0.2, 0.25) is 0 Å². The Morgan fingerprint density at radius 1 is 1.45 bits per heavy atom. The van der Waals surface area contributed by atoms with Crippen molar-refractivity contribution >= 4 is 5.78 Å². The van der Waals surface area contributed by atoms with Gasteiger partial charge in [0, 0.05) is 5.56 Å². The lowest BCUT2D eigenvalue weighted by Gasteiger charge is -2.28. The van der Waals surface area contributed by atoms with Crippen molar-refractivity contribution in [2.75, 3.05) is 6.54 Å². The largest absolute Gasteiger partial charge is 0.491 e. The molecule has 1 aromatic carbocycles. The Balaban J connectivity index is 2.23. The second kappa shape index (κ2) is 6.40. The maximum atomic E-state index is 12.9. The first kappa shape index (κ1) is 15.0. The van der Waals surface area contributed by atoms with Crippen molar-refractivity contribution in [1.29, 1.82) is 0 Å². The average molecular weight is 275 g/mol. The fourth-order valence-corrected chi connectivity index (χ4v) is 3.01. The van der Waals surface area contributed by atoms with E-state index in [-0.39, 0.29) is 17.4 Å². The van der Waals surface area contributed by atoms with Gasteiger partial charge in [-0.15, -0.1) is 0 Å². The number of benzene rings is 1. The molecule has 3 nitrogen and oxygen atoms in total. The van der Waals surface area contributed by atoms with Crippen LogP contribution < -0.4 is 10.1 Å². The average Bonchev–Trinajstić information content (AvgIpc) is 2.87. The van der Waals surface area contributed by atoms with Crippen molar-refractivity contribution in [1.82, 2.24) is 5.32 Å². The van der Waals surface area contributed by atoms with Crippen molar-refractivity contribution in [3.63, 3.8) is 0 Å². The monoisotopic (exact) mass is 275 g/mol. The molecule has 0 aliphatic carbocycles. The van der Waals surface area contributed by atoms with Crippen LogP contribution in [0.3, 0.4) is 0 Å². The van der Waals surface area contributed by atoms with Gasteiger partial charge in [0.05, 0.1) is 11.6 Å². The Hall–Kier alpha value is -1.35. The topological polar surface area (TPSA) is 38.3 Å². The molecule has 3 heteroatoms. The normalized spacial score (nSPS) is 22.2. The molecule has 0 saturated carbocycles. The van der Waals surface area contributed by atoms with Crippen LogP contribution in [0.1, 0.15) is 56.8 Å². The predicted molar refractivity (Wildman–Crippen MR) is 81.4 cm³/mol. The van der Waals surface area contributed by atoms with Crippen LogP contribution in [0.15, 0.2) is 24.3 Å². The summed E-state index contributed by atoms with van der Waals surface area (Å²) in [5.41, 5.74) is 0.400. The summed E-state index contributed by atoms with van der Waals surface area (Å²) >= 11 is 0. The van der Waals surface area contributed by atoms with Crippen LogP contribution >= 0.6 is 0 Å². The van der Waals surface area contributed by atoms with Gasteiger partial charge in [0.2, 0.25) is 0 Å². The molecule has 2 rings (SSSR count). The molecule has 20 heavy (non-hydrogen) atoms. The lowest BCUT2D eigenvalue weighted by molar-refractivity contribution is 0.0857. The van der Waals surface area contributed by atoms with E-state index in [0.29, 0.717) is 0 Å². The summed E-state index contributed by atoms with van der Waals surface area (Å²) in [6.45, 7) is 7.05. The van der Waals surface area contributed by atoms with Gasteiger partial charge in [0.25, 0.3) is 0 Å². The summed E-state index contributed by atoms with van der Waals surface area (Å²) in [5.74, 6) is 0.988. The zero-order valence-corrected chi connectivity index (χ0v) is 12.7. The van der Waals surface area contributed by atoms with Crippen LogP contribution in [0.25, 0.3) is 0 Å².